The van der Waals surface area contributed by atoms with Gasteiger partial charge in [-0.3, -0.25) is 9.59 Å². The fraction of sp³-hybridized carbons (Fsp3) is 0.263. The van der Waals surface area contributed by atoms with E-state index in [0.29, 0.717) is 41.1 Å². The van der Waals surface area contributed by atoms with Crippen molar-refractivity contribution < 1.29 is 23.1 Å². The first-order valence-electron chi connectivity index (χ1n) is 8.40. The number of alkyl halides is 2. The third-order valence-corrected chi connectivity index (χ3v) is 4.76. The molecule has 27 heavy (non-hydrogen) atoms. The van der Waals surface area contributed by atoms with Gasteiger partial charge in [0.05, 0.1) is 5.69 Å². The average molecular weight is 392 g/mol. The number of carbonyl (C=O) groups excluding carboxylic acids is 2. The van der Waals surface area contributed by atoms with Crippen molar-refractivity contribution in [1.82, 2.24) is 0 Å². The number of benzene rings is 2. The fourth-order valence-electron chi connectivity index (χ4n) is 2.75. The molecular weight excluding hydrogens is 374 g/mol. The van der Waals surface area contributed by atoms with E-state index in [1.54, 1.807) is 47.4 Å². The van der Waals surface area contributed by atoms with Crippen LogP contribution in [0.2, 0.25) is 0 Å². The normalized spacial score (nSPS) is 13.9. The molecule has 2 aromatic rings. The van der Waals surface area contributed by atoms with Crippen molar-refractivity contribution in [2.45, 2.75) is 23.5 Å². The smallest absolute Gasteiger partial charge is 0.288 e. The van der Waals surface area contributed by atoms with Gasteiger partial charge in [-0.05, 0) is 42.8 Å². The zero-order chi connectivity index (χ0) is 19.2. The van der Waals surface area contributed by atoms with Gasteiger partial charge in [-0.15, -0.1) is 0 Å². The van der Waals surface area contributed by atoms with Crippen molar-refractivity contribution in [2.75, 3.05) is 23.4 Å². The summed E-state index contributed by atoms with van der Waals surface area (Å²) in [5, 5.41) is 2.58. The first-order chi connectivity index (χ1) is 13.0. The van der Waals surface area contributed by atoms with Crippen LogP contribution in [0.25, 0.3) is 0 Å². The van der Waals surface area contributed by atoms with E-state index in [1.165, 1.54) is 6.07 Å². The van der Waals surface area contributed by atoms with Gasteiger partial charge in [-0.25, -0.2) is 0 Å². The van der Waals surface area contributed by atoms with Crippen LogP contribution in [0, 0.1) is 0 Å². The molecule has 0 spiro atoms. The molecule has 0 saturated carbocycles. The van der Waals surface area contributed by atoms with E-state index in [2.05, 4.69) is 5.32 Å². The van der Waals surface area contributed by atoms with Crippen LogP contribution >= 0.6 is 11.8 Å². The molecule has 1 aliphatic heterocycles. The Hall–Kier alpha value is -2.61. The van der Waals surface area contributed by atoms with E-state index in [4.69, 9.17) is 4.74 Å². The third kappa shape index (κ3) is 5.19. The summed E-state index contributed by atoms with van der Waals surface area (Å²) < 4.78 is 30.6. The second-order valence-electron chi connectivity index (χ2n) is 5.85. The van der Waals surface area contributed by atoms with Crippen LogP contribution in [0.15, 0.2) is 53.4 Å². The first kappa shape index (κ1) is 19.2. The SMILES string of the molecule is O=C(COc1ccc(N2CCCC2=O)cc1)Nc1ccccc1SC(F)F. The van der Waals surface area contributed by atoms with E-state index in [1.807, 2.05) is 0 Å². The Labute approximate surface area is 159 Å². The van der Waals surface area contributed by atoms with Gasteiger partial charge < -0.3 is 15.0 Å². The third-order valence-electron chi connectivity index (χ3n) is 3.97. The van der Waals surface area contributed by atoms with Crippen LogP contribution in [0.1, 0.15) is 12.8 Å². The van der Waals surface area contributed by atoms with Gasteiger partial charge in [-0.1, -0.05) is 23.9 Å². The number of anilines is 2. The zero-order valence-electron chi connectivity index (χ0n) is 14.4. The van der Waals surface area contributed by atoms with E-state index in [9.17, 15) is 18.4 Å². The van der Waals surface area contributed by atoms with Gasteiger partial charge >= 0.3 is 0 Å². The minimum Gasteiger partial charge on any atom is -0.484 e. The number of nitrogens with zero attached hydrogens (tertiary/aromatic N) is 1. The highest BCUT2D eigenvalue weighted by Gasteiger charge is 2.21. The van der Waals surface area contributed by atoms with Gasteiger partial charge in [0, 0.05) is 23.5 Å². The minimum absolute atomic E-state index is 0.100. The number of para-hydroxylation sites is 1. The van der Waals surface area contributed by atoms with Crippen molar-refractivity contribution in [3.63, 3.8) is 0 Å². The molecule has 1 aliphatic rings. The summed E-state index contributed by atoms with van der Waals surface area (Å²) in [4.78, 5) is 25.8. The van der Waals surface area contributed by atoms with Crippen molar-refractivity contribution in [3.05, 3.63) is 48.5 Å². The van der Waals surface area contributed by atoms with Gasteiger partial charge in [0.1, 0.15) is 5.75 Å². The summed E-state index contributed by atoms with van der Waals surface area (Å²) >= 11 is 0.374. The quantitative estimate of drug-likeness (QED) is 0.720. The summed E-state index contributed by atoms with van der Waals surface area (Å²) in [5.41, 5.74) is 1.12. The van der Waals surface area contributed by atoms with Crippen LogP contribution in [-0.4, -0.2) is 30.7 Å². The molecule has 1 fully saturated rings. The highest BCUT2D eigenvalue weighted by atomic mass is 32.2. The molecule has 2 aromatic carbocycles. The van der Waals surface area contributed by atoms with Gasteiger partial charge in [-0.2, -0.15) is 8.78 Å². The number of nitrogens with one attached hydrogen (secondary N) is 1. The molecule has 5 nitrogen and oxygen atoms in total. The lowest BCUT2D eigenvalue weighted by atomic mass is 10.3. The Balaban J connectivity index is 1.54. The minimum atomic E-state index is -2.57. The van der Waals surface area contributed by atoms with E-state index >= 15 is 0 Å². The molecule has 0 aliphatic carbocycles. The predicted octanol–water partition coefficient (Wildman–Crippen LogP) is 4.15. The molecule has 0 bridgehead atoms. The summed E-state index contributed by atoms with van der Waals surface area (Å²) in [6.07, 6.45) is 1.41. The van der Waals surface area contributed by atoms with Crippen molar-refractivity contribution in [2.24, 2.45) is 0 Å². The van der Waals surface area contributed by atoms with E-state index in [0.717, 1.165) is 12.1 Å². The fourth-order valence-corrected chi connectivity index (χ4v) is 3.34. The molecule has 3 rings (SSSR count). The summed E-state index contributed by atoms with van der Waals surface area (Å²) in [6, 6.07) is 13.3. The molecule has 0 unspecified atom stereocenters. The zero-order valence-corrected chi connectivity index (χ0v) is 15.2. The van der Waals surface area contributed by atoms with Crippen LogP contribution in [0.3, 0.4) is 0 Å². The summed E-state index contributed by atoms with van der Waals surface area (Å²) in [6.45, 7) is 0.452. The number of amides is 2. The molecule has 1 saturated heterocycles. The number of rotatable bonds is 7. The highest BCUT2D eigenvalue weighted by Crippen LogP contribution is 2.31. The molecule has 1 heterocycles. The average Bonchev–Trinajstić information content (AvgIpc) is 3.08. The monoisotopic (exact) mass is 392 g/mol. The lowest BCUT2D eigenvalue weighted by Gasteiger charge is -2.16. The lowest BCUT2D eigenvalue weighted by Crippen LogP contribution is -2.23. The summed E-state index contributed by atoms with van der Waals surface area (Å²) in [7, 11) is 0. The number of carbonyl (C=O) groups is 2. The molecule has 0 aromatic heterocycles. The number of ether oxygens (including phenoxy) is 1. The molecule has 0 atom stereocenters. The van der Waals surface area contributed by atoms with Crippen LogP contribution in [0.5, 0.6) is 5.75 Å². The molecule has 0 radical (unpaired) electrons. The lowest BCUT2D eigenvalue weighted by molar-refractivity contribution is -0.118. The second kappa shape index (κ2) is 8.85. The van der Waals surface area contributed by atoms with Gasteiger partial charge in [0.25, 0.3) is 11.7 Å². The standard InChI is InChI=1S/C19H18F2N2O3S/c20-19(21)27-16-5-2-1-4-15(16)22-17(24)12-26-14-9-7-13(8-10-14)23-11-3-6-18(23)25/h1-2,4-5,7-10,19H,3,6,11-12H2,(H,22,24). The first-order valence-corrected chi connectivity index (χ1v) is 9.28. The van der Waals surface area contributed by atoms with Crippen LogP contribution < -0.4 is 15.0 Å². The van der Waals surface area contributed by atoms with Crippen molar-refractivity contribution in [1.29, 1.82) is 0 Å². The number of halogens is 2. The van der Waals surface area contributed by atoms with Crippen molar-refractivity contribution in [3.8, 4) is 5.75 Å². The Morgan fingerprint density at radius 2 is 1.93 bits per heavy atom. The molecule has 1 N–H and O–H groups in total. The van der Waals surface area contributed by atoms with Crippen LogP contribution in [-0.2, 0) is 9.59 Å². The summed E-state index contributed by atoms with van der Waals surface area (Å²) in [5.74, 6) is -2.43. The van der Waals surface area contributed by atoms with Crippen LogP contribution in [0.4, 0.5) is 20.2 Å². The topological polar surface area (TPSA) is 58.6 Å². The maximum atomic E-state index is 12.6. The highest BCUT2D eigenvalue weighted by molar-refractivity contribution is 7.99. The van der Waals surface area contributed by atoms with Gasteiger partial charge in [0.2, 0.25) is 5.91 Å². The molecular formula is C19H18F2N2O3S. The van der Waals surface area contributed by atoms with E-state index in [-0.39, 0.29) is 12.5 Å². The Bertz CT molecular complexity index is 815. The Morgan fingerprint density at radius 3 is 2.59 bits per heavy atom. The number of hydrogen-bond donors (Lipinski definition) is 1. The second-order valence-corrected chi connectivity index (χ2v) is 6.89. The number of hydrogen-bond acceptors (Lipinski definition) is 4. The number of thioether (sulfide) groups is 1. The Kier molecular flexibility index (Phi) is 6.28. The Morgan fingerprint density at radius 1 is 1.19 bits per heavy atom. The maximum absolute atomic E-state index is 12.6. The predicted molar refractivity (Wildman–Crippen MR) is 100 cm³/mol. The van der Waals surface area contributed by atoms with Gasteiger partial charge in [0.15, 0.2) is 6.61 Å². The van der Waals surface area contributed by atoms with E-state index < -0.39 is 11.7 Å². The largest absolute Gasteiger partial charge is 0.484 e. The molecule has 2 amide bonds. The molecule has 8 heteroatoms. The van der Waals surface area contributed by atoms with Crippen molar-refractivity contribution >= 4 is 35.0 Å². The molecule has 142 valence electrons. The maximum Gasteiger partial charge on any atom is 0.288 e.